The SMILES string of the molecule is COc1ccc(CN2CCCCC2CCOc2ccc(-c3nc4cc(OC(N)=O)ccc4[nH]3)cc2)cc1. The molecule has 4 aromatic rings. The summed E-state index contributed by atoms with van der Waals surface area (Å²) in [6, 6.07) is 22.0. The van der Waals surface area contributed by atoms with Gasteiger partial charge in [0.25, 0.3) is 0 Å². The number of likely N-dealkylation sites (tertiary alicyclic amines) is 1. The van der Waals surface area contributed by atoms with Crippen LogP contribution in [0.3, 0.4) is 0 Å². The topological polar surface area (TPSA) is 103 Å². The second kappa shape index (κ2) is 11.3. The molecule has 8 heteroatoms. The number of nitrogens with zero attached hydrogens (tertiary/aromatic N) is 2. The molecule has 8 nitrogen and oxygen atoms in total. The summed E-state index contributed by atoms with van der Waals surface area (Å²) in [6.07, 6.45) is 3.87. The minimum Gasteiger partial charge on any atom is -0.497 e. The van der Waals surface area contributed by atoms with Crippen LogP contribution in [0.2, 0.25) is 0 Å². The zero-order chi connectivity index (χ0) is 25.6. The maximum absolute atomic E-state index is 11.0. The summed E-state index contributed by atoms with van der Waals surface area (Å²) in [4.78, 5) is 21.5. The van der Waals surface area contributed by atoms with Gasteiger partial charge in [0.1, 0.15) is 23.1 Å². The van der Waals surface area contributed by atoms with Crippen LogP contribution in [0.1, 0.15) is 31.2 Å². The number of imidazole rings is 1. The maximum Gasteiger partial charge on any atom is 0.409 e. The Labute approximate surface area is 216 Å². The van der Waals surface area contributed by atoms with E-state index in [4.69, 9.17) is 19.9 Å². The van der Waals surface area contributed by atoms with E-state index in [1.807, 2.05) is 42.5 Å². The molecule has 1 aliphatic rings. The number of fused-ring (bicyclic) bond motifs is 1. The average molecular weight is 501 g/mol. The van der Waals surface area contributed by atoms with E-state index in [9.17, 15) is 4.79 Å². The molecule has 3 aromatic carbocycles. The molecule has 1 aliphatic heterocycles. The lowest BCUT2D eigenvalue weighted by atomic mass is 9.99. The Morgan fingerprint density at radius 1 is 1.03 bits per heavy atom. The molecule has 2 heterocycles. The number of nitrogens with one attached hydrogen (secondary N) is 1. The fourth-order valence-electron chi connectivity index (χ4n) is 4.88. The number of rotatable bonds is 9. The fraction of sp³-hybridized carbons (Fsp3) is 0.310. The largest absolute Gasteiger partial charge is 0.497 e. The lowest BCUT2D eigenvalue weighted by molar-refractivity contribution is 0.116. The van der Waals surface area contributed by atoms with Crippen molar-refractivity contribution in [1.82, 2.24) is 14.9 Å². The van der Waals surface area contributed by atoms with Crippen LogP contribution in [0.4, 0.5) is 4.79 Å². The lowest BCUT2D eigenvalue weighted by Crippen LogP contribution is -2.39. The van der Waals surface area contributed by atoms with Crippen molar-refractivity contribution in [2.45, 2.75) is 38.3 Å². The van der Waals surface area contributed by atoms with Crippen molar-refractivity contribution in [3.05, 3.63) is 72.3 Å². The number of amides is 1. The molecule has 192 valence electrons. The quantitative estimate of drug-likeness (QED) is 0.314. The van der Waals surface area contributed by atoms with E-state index in [-0.39, 0.29) is 0 Å². The van der Waals surface area contributed by atoms with Crippen LogP contribution < -0.4 is 19.9 Å². The predicted octanol–water partition coefficient (Wildman–Crippen LogP) is 5.52. The third-order valence-corrected chi connectivity index (χ3v) is 6.81. The monoisotopic (exact) mass is 500 g/mol. The average Bonchev–Trinajstić information content (AvgIpc) is 3.34. The van der Waals surface area contributed by atoms with Gasteiger partial charge < -0.3 is 24.9 Å². The number of benzene rings is 3. The Bertz CT molecular complexity index is 1330. The molecule has 3 N–H and O–H groups in total. The number of primary amides is 1. The number of ether oxygens (including phenoxy) is 3. The summed E-state index contributed by atoms with van der Waals surface area (Å²) >= 11 is 0. The zero-order valence-corrected chi connectivity index (χ0v) is 21.0. The molecule has 0 saturated carbocycles. The second-order valence-corrected chi connectivity index (χ2v) is 9.32. The smallest absolute Gasteiger partial charge is 0.409 e. The van der Waals surface area contributed by atoms with Crippen molar-refractivity contribution >= 4 is 17.1 Å². The first-order valence-electron chi connectivity index (χ1n) is 12.6. The molecular weight excluding hydrogens is 468 g/mol. The minimum atomic E-state index is -0.848. The van der Waals surface area contributed by atoms with Crippen molar-refractivity contribution in [2.24, 2.45) is 5.73 Å². The summed E-state index contributed by atoms with van der Waals surface area (Å²) in [5, 5.41) is 0. The Hall–Kier alpha value is -4.04. The van der Waals surface area contributed by atoms with Gasteiger partial charge in [0.15, 0.2) is 0 Å². The molecule has 37 heavy (non-hydrogen) atoms. The highest BCUT2D eigenvalue weighted by Gasteiger charge is 2.22. The van der Waals surface area contributed by atoms with Crippen molar-refractivity contribution in [3.63, 3.8) is 0 Å². The number of carbonyl (C=O) groups is 1. The van der Waals surface area contributed by atoms with E-state index in [0.717, 1.165) is 47.9 Å². The highest BCUT2D eigenvalue weighted by Crippen LogP contribution is 2.27. The zero-order valence-electron chi connectivity index (χ0n) is 21.0. The number of hydrogen-bond donors (Lipinski definition) is 2. The Balaban J connectivity index is 1.16. The fourth-order valence-corrected chi connectivity index (χ4v) is 4.88. The van der Waals surface area contributed by atoms with Gasteiger partial charge in [-0.25, -0.2) is 9.78 Å². The highest BCUT2D eigenvalue weighted by atomic mass is 16.5. The van der Waals surface area contributed by atoms with Crippen LogP contribution in [0.15, 0.2) is 66.7 Å². The van der Waals surface area contributed by atoms with Gasteiger partial charge in [-0.15, -0.1) is 0 Å². The van der Waals surface area contributed by atoms with Crippen molar-refractivity contribution < 1.29 is 19.0 Å². The molecule has 1 aromatic heterocycles. The molecular formula is C29H32N4O4. The molecule has 1 saturated heterocycles. The first kappa shape index (κ1) is 24.6. The van der Waals surface area contributed by atoms with E-state index >= 15 is 0 Å². The van der Waals surface area contributed by atoms with Crippen LogP contribution in [0, 0.1) is 0 Å². The number of nitrogens with two attached hydrogens (primary N) is 1. The number of aromatic nitrogens is 2. The highest BCUT2D eigenvalue weighted by molar-refractivity contribution is 5.81. The van der Waals surface area contributed by atoms with Crippen molar-refractivity contribution in [1.29, 1.82) is 0 Å². The second-order valence-electron chi connectivity index (χ2n) is 9.32. The van der Waals surface area contributed by atoms with Crippen molar-refractivity contribution in [3.8, 4) is 28.6 Å². The Morgan fingerprint density at radius 3 is 2.54 bits per heavy atom. The molecule has 1 atom stereocenters. The van der Waals surface area contributed by atoms with Gasteiger partial charge in [-0.3, -0.25) is 4.90 Å². The molecule has 1 unspecified atom stereocenters. The summed E-state index contributed by atoms with van der Waals surface area (Å²) in [5.41, 5.74) is 8.89. The van der Waals surface area contributed by atoms with Crippen molar-refractivity contribution in [2.75, 3.05) is 20.3 Å². The molecule has 0 bridgehead atoms. The van der Waals surface area contributed by atoms with Gasteiger partial charge >= 0.3 is 6.09 Å². The first-order valence-corrected chi connectivity index (χ1v) is 12.6. The van der Waals surface area contributed by atoms with Crippen LogP contribution >= 0.6 is 0 Å². The van der Waals surface area contributed by atoms with Gasteiger partial charge in [-0.1, -0.05) is 18.6 Å². The molecule has 1 amide bonds. The standard InChI is InChI=1S/C29H32N4O4/c1-35-23-9-5-20(6-10-23)19-33-16-3-2-4-22(33)15-17-36-24-11-7-21(8-12-24)28-31-26-14-13-25(37-29(30)34)18-27(26)32-28/h5-14,18,22H,2-4,15-17,19H2,1H3,(H2,30,34)(H,31,32). The van der Waals surface area contributed by atoms with Gasteiger partial charge in [-0.05, 0) is 79.9 Å². The number of piperidine rings is 1. The molecule has 0 aliphatic carbocycles. The van der Waals surface area contributed by atoms with Gasteiger partial charge in [0.05, 0.1) is 24.8 Å². The number of carbonyl (C=O) groups excluding carboxylic acids is 1. The Kier molecular flexibility index (Phi) is 7.56. The first-order chi connectivity index (χ1) is 18.1. The van der Waals surface area contributed by atoms with E-state index in [2.05, 4.69) is 27.0 Å². The normalized spacial score (nSPS) is 16.0. The number of hydrogen-bond acceptors (Lipinski definition) is 6. The Morgan fingerprint density at radius 2 is 1.78 bits per heavy atom. The molecule has 5 rings (SSSR count). The number of methoxy groups -OCH3 is 1. The van der Waals surface area contributed by atoms with Crippen LogP contribution in [0.25, 0.3) is 22.4 Å². The van der Waals surface area contributed by atoms with E-state index in [1.165, 1.54) is 24.8 Å². The summed E-state index contributed by atoms with van der Waals surface area (Å²) in [6.45, 7) is 2.76. The molecule has 0 spiro atoms. The van der Waals surface area contributed by atoms with Gasteiger partial charge in [0, 0.05) is 24.2 Å². The van der Waals surface area contributed by atoms with E-state index < -0.39 is 6.09 Å². The summed E-state index contributed by atoms with van der Waals surface area (Å²) in [5.74, 6) is 2.83. The minimum absolute atomic E-state index is 0.363. The molecule has 0 radical (unpaired) electrons. The summed E-state index contributed by atoms with van der Waals surface area (Å²) < 4.78 is 16.3. The van der Waals surface area contributed by atoms with Crippen LogP contribution in [-0.4, -0.2) is 47.3 Å². The molecule has 1 fully saturated rings. The van der Waals surface area contributed by atoms with Crippen LogP contribution in [-0.2, 0) is 6.54 Å². The van der Waals surface area contributed by atoms with Gasteiger partial charge in [-0.2, -0.15) is 0 Å². The summed E-state index contributed by atoms with van der Waals surface area (Å²) in [7, 11) is 1.70. The van der Waals surface area contributed by atoms with E-state index in [1.54, 1.807) is 19.2 Å². The van der Waals surface area contributed by atoms with Gasteiger partial charge in [0.2, 0.25) is 0 Å². The van der Waals surface area contributed by atoms with Crippen LogP contribution in [0.5, 0.6) is 17.2 Å². The lowest BCUT2D eigenvalue weighted by Gasteiger charge is -2.35. The third kappa shape index (κ3) is 6.21. The predicted molar refractivity (Wildman–Crippen MR) is 143 cm³/mol. The van der Waals surface area contributed by atoms with E-state index in [0.29, 0.717) is 23.9 Å². The number of aromatic amines is 1. The third-order valence-electron chi connectivity index (χ3n) is 6.81. The number of H-pyrrole nitrogens is 1. The maximum atomic E-state index is 11.0.